The molecule has 5 rings (SSSR count). The maximum absolute atomic E-state index is 13.3. The zero-order valence-electron chi connectivity index (χ0n) is 17.7. The summed E-state index contributed by atoms with van der Waals surface area (Å²) in [6, 6.07) is 17.7. The number of aliphatic hydroxyl groups excluding tert-OH is 1. The fourth-order valence-electron chi connectivity index (χ4n) is 3.88. The molecule has 34 heavy (non-hydrogen) atoms. The number of hydrogen-bond acceptors (Lipinski definition) is 6. The minimum Gasteiger partial charge on any atom is -0.507 e. The molecule has 0 saturated carbocycles. The zero-order valence-corrected chi connectivity index (χ0v) is 20.0. The molecule has 3 aromatic carbocycles. The number of nitrogens with zero attached hydrogens (tertiary/aromatic N) is 2. The van der Waals surface area contributed by atoms with Gasteiger partial charge in [-0.15, -0.1) is 0 Å². The Kier molecular flexibility index (Phi) is 5.77. The van der Waals surface area contributed by atoms with Gasteiger partial charge in [-0.2, -0.15) is 0 Å². The summed E-state index contributed by atoms with van der Waals surface area (Å²) < 4.78 is 6.02. The summed E-state index contributed by atoms with van der Waals surface area (Å²) in [5.41, 5.74) is 1.61. The second kappa shape index (κ2) is 8.76. The normalized spacial score (nSPS) is 17.5. The van der Waals surface area contributed by atoms with Crippen LogP contribution < -0.4 is 9.64 Å². The van der Waals surface area contributed by atoms with Crippen molar-refractivity contribution in [2.45, 2.75) is 6.04 Å². The maximum atomic E-state index is 13.3. The summed E-state index contributed by atoms with van der Waals surface area (Å²) in [7, 11) is 1.55. The van der Waals surface area contributed by atoms with Crippen molar-refractivity contribution >= 4 is 67.3 Å². The molecule has 0 spiro atoms. The molecular weight excluding hydrogens is 495 g/mol. The molecule has 1 atom stereocenters. The second-order valence-corrected chi connectivity index (χ2v) is 9.44. The van der Waals surface area contributed by atoms with Crippen LogP contribution in [0.2, 0.25) is 10.0 Å². The number of fused-ring (bicyclic) bond motifs is 1. The molecule has 1 aliphatic heterocycles. The number of carbonyl (C=O) groups is 2. The van der Waals surface area contributed by atoms with Gasteiger partial charge in [0.25, 0.3) is 5.78 Å². The lowest BCUT2D eigenvalue weighted by atomic mass is 9.95. The minimum atomic E-state index is -0.891. The first-order valence-electron chi connectivity index (χ1n) is 10.1. The van der Waals surface area contributed by atoms with Gasteiger partial charge in [0.15, 0.2) is 5.13 Å². The molecule has 1 unspecified atom stereocenters. The highest BCUT2D eigenvalue weighted by Crippen LogP contribution is 2.44. The summed E-state index contributed by atoms with van der Waals surface area (Å²) in [5, 5.41) is 12.5. The van der Waals surface area contributed by atoms with Crippen LogP contribution >= 0.6 is 34.5 Å². The van der Waals surface area contributed by atoms with Crippen LogP contribution in [0.15, 0.2) is 72.3 Å². The maximum Gasteiger partial charge on any atom is 0.301 e. The molecule has 2 heterocycles. The molecule has 1 amide bonds. The average Bonchev–Trinajstić information content (AvgIpc) is 3.37. The van der Waals surface area contributed by atoms with Gasteiger partial charge in [-0.3, -0.25) is 14.5 Å². The lowest BCUT2D eigenvalue weighted by molar-refractivity contribution is -0.132. The summed E-state index contributed by atoms with van der Waals surface area (Å²) in [6.45, 7) is 0. The summed E-state index contributed by atoms with van der Waals surface area (Å²) in [6.07, 6.45) is 0. The molecular formula is C25H16Cl2N2O4S. The van der Waals surface area contributed by atoms with Gasteiger partial charge >= 0.3 is 5.91 Å². The first-order valence-corrected chi connectivity index (χ1v) is 11.7. The fourth-order valence-corrected chi connectivity index (χ4v) is 5.28. The highest BCUT2D eigenvalue weighted by atomic mass is 35.5. The molecule has 0 bridgehead atoms. The molecule has 1 N–H and O–H groups in total. The third-order valence-corrected chi connectivity index (χ3v) is 7.04. The van der Waals surface area contributed by atoms with E-state index >= 15 is 0 Å². The molecule has 9 heteroatoms. The van der Waals surface area contributed by atoms with E-state index in [1.807, 2.05) is 0 Å². The minimum absolute atomic E-state index is 0.0326. The third-order valence-electron chi connectivity index (χ3n) is 5.54. The number of methoxy groups -OCH3 is 1. The van der Waals surface area contributed by atoms with E-state index in [4.69, 9.17) is 27.9 Å². The van der Waals surface area contributed by atoms with Crippen LogP contribution in [0.1, 0.15) is 17.2 Å². The van der Waals surface area contributed by atoms with Crippen LogP contribution in [0.5, 0.6) is 5.75 Å². The van der Waals surface area contributed by atoms with Gasteiger partial charge in [-0.25, -0.2) is 4.98 Å². The SMILES string of the molecule is COc1ccc(C2C(=C(O)c3ccc(Cl)cc3)C(=O)C(=O)N2c2nc3ccc(Cl)cc3s2)cc1. The van der Waals surface area contributed by atoms with Crippen LogP contribution in [0.25, 0.3) is 16.0 Å². The van der Waals surface area contributed by atoms with Gasteiger partial charge in [0.2, 0.25) is 0 Å². The molecule has 6 nitrogen and oxygen atoms in total. The Labute approximate surface area is 208 Å². The van der Waals surface area contributed by atoms with E-state index in [2.05, 4.69) is 4.98 Å². The van der Waals surface area contributed by atoms with Crippen LogP contribution in [0.3, 0.4) is 0 Å². The number of hydrogen-bond donors (Lipinski definition) is 1. The third kappa shape index (κ3) is 3.81. The molecule has 1 aromatic heterocycles. The quantitative estimate of drug-likeness (QED) is 0.199. The first kappa shape index (κ1) is 22.4. The van der Waals surface area contributed by atoms with E-state index in [0.717, 1.165) is 4.70 Å². The van der Waals surface area contributed by atoms with Crippen LogP contribution in [-0.2, 0) is 9.59 Å². The summed E-state index contributed by atoms with van der Waals surface area (Å²) >= 11 is 13.3. The number of aliphatic hydroxyl groups is 1. The lowest BCUT2D eigenvalue weighted by Crippen LogP contribution is -2.29. The molecule has 1 saturated heterocycles. The number of anilines is 1. The molecule has 1 aliphatic rings. The van der Waals surface area contributed by atoms with Crippen molar-refractivity contribution in [1.29, 1.82) is 0 Å². The van der Waals surface area contributed by atoms with Crippen LogP contribution in [0.4, 0.5) is 5.13 Å². The number of thiazole rings is 1. The van der Waals surface area contributed by atoms with Crippen LogP contribution in [-0.4, -0.2) is 28.9 Å². The van der Waals surface area contributed by atoms with Gasteiger partial charge in [-0.1, -0.05) is 46.7 Å². The standard InChI is InChI=1S/C25H16Cl2N2O4S/c1-33-17-9-4-13(5-10-17)21-20(22(30)14-2-6-15(26)7-3-14)23(31)24(32)29(21)25-28-18-11-8-16(27)12-19(18)34-25/h2-12,21,30H,1H3. The zero-order chi connectivity index (χ0) is 24.0. The Balaban J connectivity index is 1.72. The molecule has 0 aliphatic carbocycles. The number of ketones is 1. The number of amides is 1. The number of Topliss-reactive ketones (excluding diaryl/α,β-unsaturated/α-hetero) is 1. The van der Waals surface area contributed by atoms with E-state index in [9.17, 15) is 14.7 Å². The van der Waals surface area contributed by atoms with Crippen molar-refractivity contribution in [2.75, 3.05) is 12.0 Å². The predicted molar refractivity (Wildman–Crippen MR) is 134 cm³/mol. The molecule has 170 valence electrons. The Hall–Kier alpha value is -3.39. The largest absolute Gasteiger partial charge is 0.507 e. The van der Waals surface area contributed by atoms with Gasteiger partial charge in [0, 0.05) is 15.6 Å². The lowest BCUT2D eigenvalue weighted by Gasteiger charge is -2.23. The fraction of sp³-hybridized carbons (Fsp3) is 0.0800. The Bertz CT molecular complexity index is 1460. The number of benzene rings is 3. The number of ether oxygens (including phenoxy) is 1. The van der Waals surface area contributed by atoms with Crippen molar-refractivity contribution in [3.63, 3.8) is 0 Å². The number of halogens is 2. The Morgan fingerprint density at radius 2 is 1.68 bits per heavy atom. The van der Waals surface area contributed by atoms with Gasteiger partial charge in [0.1, 0.15) is 11.5 Å². The van der Waals surface area contributed by atoms with Gasteiger partial charge in [0.05, 0.1) is 28.9 Å². The van der Waals surface area contributed by atoms with Crippen molar-refractivity contribution in [2.24, 2.45) is 0 Å². The number of carbonyl (C=O) groups excluding carboxylic acids is 2. The van der Waals surface area contributed by atoms with E-state index in [0.29, 0.717) is 37.6 Å². The Morgan fingerprint density at radius 1 is 1.00 bits per heavy atom. The topological polar surface area (TPSA) is 79.7 Å². The van der Waals surface area contributed by atoms with Gasteiger partial charge < -0.3 is 9.84 Å². The first-order chi connectivity index (χ1) is 16.4. The monoisotopic (exact) mass is 510 g/mol. The predicted octanol–water partition coefficient (Wildman–Crippen LogP) is 6.24. The van der Waals surface area contributed by atoms with E-state index in [1.54, 1.807) is 73.8 Å². The van der Waals surface area contributed by atoms with Gasteiger partial charge in [-0.05, 0) is 60.2 Å². The van der Waals surface area contributed by atoms with Crippen molar-refractivity contribution in [1.82, 2.24) is 4.98 Å². The van der Waals surface area contributed by atoms with E-state index in [1.165, 1.54) is 16.2 Å². The molecule has 0 radical (unpaired) electrons. The summed E-state index contributed by atoms with van der Waals surface area (Å²) in [5.74, 6) is -1.25. The van der Waals surface area contributed by atoms with Crippen molar-refractivity contribution in [3.05, 3.63) is 93.5 Å². The van der Waals surface area contributed by atoms with E-state index in [-0.39, 0.29) is 11.3 Å². The molecule has 1 fully saturated rings. The highest BCUT2D eigenvalue weighted by molar-refractivity contribution is 7.22. The number of rotatable bonds is 4. The van der Waals surface area contributed by atoms with Crippen molar-refractivity contribution < 1.29 is 19.4 Å². The van der Waals surface area contributed by atoms with E-state index < -0.39 is 17.7 Å². The number of aromatic nitrogens is 1. The highest BCUT2D eigenvalue weighted by Gasteiger charge is 2.48. The van der Waals surface area contributed by atoms with Crippen molar-refractivity contribution in [3.8, 4) is 5.75 Å². The average molecular weight is 511 g/mol. The van der Waals surface area contributed by atoms with Crippen LogP contribution in [0, 0.1) is 0 Å². The second-order valence-electron chi connectivity index (χ2n) is 7.56. The smallest absolute Gasteiger partial charge is 0.301 e. The Morgan fingerprint density at radius 3 is 2.35 bits per heavy atom. The molecule has 4 aromatic rings. The summed E-state index contributed by atoms with van der Waals surface area (Å²) in [4.78, 5) is 32.4.